The maximum Gasteiger partial charge on any atom is 0.234 e. The molecule has 4 rings (SSSR count). The number of aromatic nitrogens is 3. The van der Waals surface area contributed by atoms with E-state index in [4.69, 9.17) is 20.8 Å². The van der Waals surface area contributed by atoms with Gasteiger partial charge >= 0.3 is 0 Å². The minimum absolute atomic E-state index is 0.0693. The molecule has 0 aliphatic heterocycles. The standard InChI is InChI=1S/C21H16ClN5O3S/c1-27-18(11-29-14-8-6-13(22)7-9-14)25-26-21(27)31-12-19(28)24-20-15-4-2-3-5-16(15)30-17(20)10-23/h2-9H,11-12H2,1H3,(H,24,28). The van der Waals surface area contributed by atoms with Crippen LogP contribution in [0, 0.1) is 11.3 Å². The van der Waals surface area contributed by atoms with Crippen molar-refractivity contribution in [1.82, 2.24) is 14.8 Å². The second-order valence-electron chi connectivity index (χ2n) is 6.45. The molecular weight excluding hydrogens is 438 g/mol. The fourth-order valence-corrected chi connectivity index (χ4v) is 3.68. The van der Waals surface area contributed by atoms with E-state index in [0.717, 1.165) is 0 Å². The Labute approximate surface area is 186 Å². The van der Waals surface area contributed by atoms with Crippen LogP contribution in [0.2, 0.25) is 5.02 Å². The van der Waals surface area contributed by atoms with E-state index in [1.165, 1.54) is 11.8 Å². The van der Waals surface area contributed by atoms with Gasteiger partial charge in [0.1, 0.15) is 29.7 Å². The van der Waals surface area contributed by atoms with Crippen molar-refractivity contribution in [3.8, 4) is 11.8 Å². The Morgan fingerprint density at radius 1 is 1.26 bits per heavy atom. The number of nitriles is 1. The quantitative estimate of drug-likeness (QED) is 0.413. The van der Waals surface area contributed by atoms with Crippen LogP contribution in [0.3, 0.4) is 0 Å². The van der Waals surface area contributed by atoms with Crippen molar-refractivity contribution in [2.24, 2.45) is 7.05 Å². The van der Waals surface area contributed by atoms with E-state index >= 15 is 0 Å². The predicted octanol–water partition coefficient (Wildman–Crippen LogP) is 4.40. The fourth-order valence-electron chi connectivity index (χ4n) is 2.83. The highest BCUT2D eigenvalue weighted by atomic mass is 35.5. The summed E-state index contributed by atoms with van der Waals surface area (Å²) in [6.07, 6.45) is 0. The second-order valence-corrected chi connectivity index (χ2v) is 7.83. The Hall–Kier alpha value is -3.48. The molecule has 0 unspecified atom stereocenters. The number of rotatable bonds is 7. The van der Waals surface area contributed by atoms with Gasteiger partial charge in [0.05, 0.1) is 5.75 Å². The average Bonchev–Trinajstić information content (AvgIpc) is 3.32. The third-order valence-corrected chi connectivity index (χ3v) is 5.67. The number of hydrogen-bond acceptors (Lipinski definition) is 7. The Bertz CT molecular complexity index is 1280. The normalized spacial score (nSPS) is 10.7. The molecule has 8 nitrogen and oxygen atoms in total. The van der Waals surface area contributed by atoms with E-state index in [1.54, 1.807) is 54.1 Å². The van der Waals surface area contributed by atoms with E-state index in [2.05, 4.69) is 15.5 Å². The van der Waals surface area contributed by atoms with Crippen LogP contribution in [0.25, 0.3) is 11.0 Å². The molecule has 156 valence electrons. The van der Waals surface area contributed by atoms with Crippen molar-refractivity contribution in [1.29, 1.82) is 5.26 Å². The second kappa shape index (κ2) is 9.12. The Morgan fingerprint density at radius 2 is 2.03 bits per heavy atom. The minimum atomic E-state index is -0.282. The average molecular weight is 454 g/mol. The van der Waals surface area contributed by atoms with Crippen molar-refractivity contribution in [2.75, 3.05) is 11.1 Å². The van der Waals surface area contributed by atoms with Gasteiger partial charge in [0.15, 0.2) is 11.0 Å². The first-order valence-electron chi connectivity index (χ1n) is 9.16. The number of nitrogens with zero attached hydrogens (tertiary/aromatic N) is 4. The topological polar surface area (TPSA) is 106 Å². The molecule has 0 aliphatic rings. The molecule has 31 heavy (non-hydrogen) atoms. The lowest BCUT2D eigenvalue weighted by atomic mass is 10.2. The van der Waals surface area contributed by atoms with Crippen LogP contribution in [-0.2, 0) is 18.4 Å². The van der Waals surface area contributed by atoms with Crippen LogP contribution in [0.15, 0.2) is 58.1 Å². The van der Waals surface area contributed by atoms with Gasteiger partial charge in [-0.1, -0.05) is 35.5 Å². The van der Waals surface area contributed by atoms with E-state index in [0.29, 0.717) is 38.4 Å². The molecule has 2 aromatic heterocycles. The summed E-state index contributed by atoms with van der Waals surface area (Å²) in [5, 5.41) is 22.2. The maximum absolute atomic E-state index is 12.5. The monoisotopic (exact) mass is 453 g/mol. The number of benzene rings is 2. The van der Waals surface area contributed by atoms with Crippen LogP contribution in [-0.4, -0.2) is 26.4 Å². The van der Waals surface area contributed by atoms with E-state index in [1.807, 2.05) is 12.1 Å². The van der Waals surface area contributed by atoms with Gasteiger partial charge in [-0.25, -0.2) is 0 Å². The van der Waals surface area contributed by atoms with E-state index in [-0.39, 0.29) is 24.0 Å². The first-order valence-corrected chi connectivity index (χ1v) is 10.5. The molecule has 4 aromatic rings. The molecule has 1 N–H and O–H groups in total. The number of ether oxygens (including phenoxy) is 1. The van der Waals surface area contributed by atoms with Crippen LogP contribution >= 0.6 is 23.4 Å². The van der Waals surface area contributed by atoms with Crippen LogP contribution in [0.5, 0.6) is 5.75 Å². The number of furan rings is 1. The summed E-state index contributed by atoms with van der Waals surface area (Å²) in [5.74, 6) is 1.16. The molecule has 0 saturated heterocycles. The zero-order valence-corrected chi connectivity index (χ0v) is 17.9. The third-order valence-electron chi connectivity index (χ3n) is 4.40. The highest BCUT2D eigenvalue weighted by Crippen LogP contribution is 2.30. The van der Waals surface area contributed by atoms with E-state index < -0.39 is 0 Å². The lowest BCUT2D eigenvalue weighted by Crippen LogP contribution is -2.15. The Morgan fingerprint density at radius 3 is 2.81 bits per heavy atom. The predicted molar refractivity (Wildman–Crippen MR) is 117 cm³/mol. The lowest BCUT2D eigenvalue weighted by Gasteiger charge is -2.07. The molecular formula is C21H16ClN5O3S. The molecule has 1 amide bonds. The van der Waals surface area contributed by atoms with Crippen LogP contribution in [0.4, 0.5) is 5.69 Å². The summed E-state index contributed by atoms with van der Waals surface area (Å²) in [6.45, 7) is 0.227. The van der Waals surface area contributed by atoms with Gasteiger partial charge in [0, 0.05) is 17.5 Å². The SMILES string of the molecule is Cn1c(COc2ccc(Cl)cc2)nnc1SCC(=O)Nc1c(C#N)oc2ccccc12. The van der Waals surface area contributed by atoms with Gasteiger partial charge in [-0.05, 0) is 36.4 Å². The highest BCUT2D eigenvalue weighted by molar-refractivity contribution is 7.99. The zero-order valence-electron chi connectivity index (χ0n) is 16.3. The lowest BCUT2D eigenvalue weighted by molar-refractivity contribution is -0.113. The summed E-state index contributed by atoms with van der Waals surface area (Å²) in [7, 11) is 1.80. The van der Waals surface area contributed by atoms with Gasteiger partial charge in [-0.2, -0.15) is 5.26 Å². The van der Waals surface area contributed by atoms with Gasteiger partial charge in [-0.3, -0.25) is 4.79 Å². The molecule has 0 aliphatic carbocycles. The summed E-state index contributed by atoms with van der Waals surface area (Å²) in [4.78, 5) is 12.5. The molecule has 0 radical (unpaired) electrons. The number of anilines is 1. The molecule has 0 saturated carbocycles. The molecule has 0 bridgehead atoms. The summed E-state index contributed by atoms with van der Waals surface area (Å²) >= 11 is 7.10. The molecule has 10 heteroatoms. The van der Waals surface area contributed by atoms with Crippen LogP contribution < -0.4 is 10.1 Å². The first-order chi connectivity index (χ1) is 15.0. The highest BCUT2D eigenvalue weighted by Gasteiger charge is 2.17. The number of halogens is 1. The molecule has 2 heterocycles. The number of carbonyl (C=O) groups excluding carboxylic acids is 1. The maximum atomic E-state index is 12.5. The Kier molecular flexibility index (Phi) is 6.11. The van der Waals surface area contributed by atoms with Gasteiger partial charge in [0.25, 0.3) is 0 Å². The number of fused-ring (bicyclic) bond motifs is 1. The van der Waals surface area contributed by atoms with Crippen molar-refractivity contribution < 1.29 is 13.9 Å². The van der Waals surface area contributed by atoms with Gasteiger partial charge < -0.3 is 19.0 Å². The number of hydrogen-bond donors (Lipinski definition) is 1. The molecule has 0 atom stereocenters. The summed E-state index contributed by atoms with van der Waals surface area (Å²) in [6, 6.07) is 16.2. The third kappa shape index (κ3) is 4.66. The zero-order chi connectivity index (χ0) is 21.8. The largest absolute Gasteiger partial charge is 0.486 e. The molecule has 0 spiro atoms. The van der Waals surface area contributed by atoms with E-state index in [9.17, 15) is 10.1 Å². The van der Waals surface area contributed by atoms with Gasteiger partial charge in [-0.15, -0.1) is 10.2 Å². The summed E-state index contributed by atoms with van der Waals surface area (Å²) in [5.41, 5.74) is 0.916. The molecule has 2 aromatic carbocycles. The smallest absolute Gasteiger partial charge is 0.234 e. The van der Waals surface area contributed by atoms with Crippen molar-refractivity contribution in [2.45, 2.75) is 11.8 Å². The summed E-state index contributed by atoms with van der Waals surface area (Å²) < 4.78 is 12.9. The van der Waals surface area contributed by atoms with Crippen molar-refractivity contribution in [3.05, 3.63) is 65.1 Å². The van der Waals surface area contributed by atoms with Crippen molar-refractivity contribution in [3.63, 3.8) is 0 Å². The van der Waals surface area contributed by atoms with Crippen molar-refractivity contribution >= 4 is 45.9 Å². The number of thioether (sulfide) groups is 1. The van der Waals surface area contributed by atoms with Gasteiger partial charge in [0.2, 0.25) is 11.7 Å². The number of carbonyl (C=O) groups is 1. The van der Waals surface area contributed by atoms with Crippen LogP contribution in [0.1, 0.15) is 11.6 Å². The molecule has 0 fully saturated rings. The Balaban J connectivity index is 1.37. The number of nitrogens with one attached hydrogen (secondary N) is 1. The number of amides is 1. The fraction of sp³-hybridized carbons (Fsp3) is 0.143. The first kappa shape index (κ1) is 20.8. The number of para-hydroxylation sites is 1. The minimum Gasteiger partial charge on any atom is -0.486 e.